The average molecular weight is 397 g/mol. The van der Waals surface area contributed by atoms with Crippen LogP contribution in [0.3, 0.4) is 0 Å². The first-order valence-corrected chi connectivity index (χ1v) is 10.0. The van der Waals surface area contributed by atoms with Gasteiger partial charge in [0.15, 0.2) is 0 Å². The van der Waals surface area contributed by atoms with E-state index in [0.717, 1.165) is 18.6 Å². The van der Waals surface area contributed by atoms with Crippen molar-refractivity contribution in [2.24, 2.45) is 0 Å². The Balaban J connectivity index is 0.00000225. The molecule has 1 aliphatic rings. The van der Waals surface area contributed by atoms with Crippen molar-refractivity contribution in [3.05, 3.63) is 65.5 Å². The Morgan fingerprint density at radius 3 is 2.50 bits per heavy atom. The molecule has 4 heteroatoms. The summed E-state index contributed by atoms with van der Waals surface area (Å²) in [7, 11) is 1.74. The number of piperidine rings is 1. The number of halogens is 1. The fraction of sp³-hybridized carbons (Fsp3) is 0.375. The summed E-state index contributed by atoms with van der Waals surface area (Å²) < 4.78 is 5.52. The first kappa shape index (κ1) is 20.5. The second-order valence-corrected chi connectivity index (χ2v) is 7.48. The summed E-state index contributed by atoms with van der Waals surface area (Å²) in [4.78, 5) is 7.25. The summed E-state index contributed by atoms with van der Waals surface area (Å²) in [6.45, 7) is 4.53. The van der Waals surface area contributed by atoms with E-state index < -0.39 is 0 Å². The predicted molar refractivity (Wildman–Crippen MR) is 120 cm³/mol. The minimum Gasteiger partial charge on any atom is -0.496 e. The summed E-state index contributed by atoms with van der Waals surface area (Å²) >= 11 is 0. The van der Waals surface area contributed by atoms with E-state index >= 15 is 0 Å². The molecule has 148 valence electrons. The highest BCUT2D eigenvalue weighted by Gasteiger charge is 2.14. The molecule has 0 atom stereocenters. The van der Waals surface area contributed by atoms with E-state index in [1.165, 1.54) is 65.6 Å². The van der Waals surface area contributed by atoms with E-state index in [9.17, 15) is 0 Å². The second-order valence-electron chi connectivity index (χ2n) is 7.48. The molecule has 3 aromatic rings. The Bertz CT molecular complexity index is 935. The minimum atomic E-state index is 0. The van der Waals surface area contributed by atoms with E-state index in [1.54, 1.807) is 7.11 Å². The van der Waals surface area contributed by atoms with E-state index in [2.05, 4.69) is 48.2 Å². The summed E-state index contributed by atoms with van der Waals surface area (Å²) in [5.74, 6) is 0.940. The molecule has 0 saturated carbocycles. The van der Waals surface area contributed by atoms with Gasteiger partial charge >= 0.3 is 0 Å². The molecule has 0 bridgehead atoms. The number of benzene rings is 2. The van der Waals surface area contributed by atoms with Gasteiger partial charge in [0.1, 0.15) is 5.75 Å². The Morgan fingerprint density at radius 2 is 1.71 bits per heavy atom. The number of aryl methyl sites for hydroxylation is 3. The summed E-state index contributed by atoms with van der Waals surface area (Å²) in [5.41, 5.74) is 5.20. The Kier molecular flexibility index (Phi) is 6.79. The Hall–Kier alpha value is -2.26. The van der Waals surface area contributed by atoms with Crippen molar-refractivity contribution in [1.82, 2.24) is 4.98 Å². The van der Waals surface area contributed by atoms with Crippen LogP contribution in [0.1, 0.15) is 36.1 Å². The molecule has 0 amide bonds. The van der Waals surface area contributed by atoms with E-state index in [1.807, 2.05) is 12.3 Å². The highest BCUT2D eigenvalue weighted by atomic mass is 35.5. The third-order valence-electron chi connectivity index (χ3n) is 5.67. The topological polar surface area (TPSA) is 25.4 Å². The van der Waals surface area contributed by atoms with Gasteiger partial charge in [0.25, 0.3) is 0 Å². The molecule has 0 unspecified atom stereocenters. The van der Waals surface area contributed by atoms with Gasteiger partial charge in [0.2, 0.25) is 0 Å². The van der Waals surface area contributed by atoms with Crippen LogP contribution in [-0.2, 0) is 12.8 Å². The molecule has 1 saturated heterocycles. The molecule has 2 heterocycles. The SMILES string of the molecule is COc1cccc2c(CCc3cc(N4CCCCC4)c(C)cn3)cccc12.Cl. The van der Waals surface area contributed by atoms with Crippen LogP contribution in [0.15, 0.2) is 48.7 Å². The number of fused-ring (bicyclic) bond motifs is 1. The third kappa shape index (κ3) is 4.25. The van der Waals surface area contributed by atoms with Gasteiger partial charge in [-0.25, -0.2) is 0 Å². The number of methoxy groups -OCH3 is 1. The molecule has 1 fully saturated rings. The molecular formula is C24H29ClN2O. The lowest BCUT2D eigenvalue weighted by atomic mass is 9.99. The fourth-order valence-electron chi connectivity index (χ4n) is 4.17. The van der Waals surface area contributed by atoms with Gasteiger partial charge in [-0.1, -0.05) is 30.3 Å². The monoisotopic (exact) mass is 396 g/mol. The van der Waals surface area contributed by atoms with Crippen LogP contribution in [0.5, 0.6) is 5.75 Å². The molecule has 4 rings (SSSR count). The number of rotatable bonds is 5. The number of anilines is 1. The van der Waals surface area contributed by atoms with Gasteiger partial charge in [0, 0.05) is 36.1 Å². The van der Waals surface area contributed by atoms with Crippen LogP contribution in [0.2, 0.25) is 0 Å². The predicted octanol–water partition coefficient (Wildman–Crippen LogP) is 5.75. The van der Waals surface area contributed by atoms with Crippen LogP contribution in [0.25, 0.3) is 10.8 Å². The van der Waals surface area contributed by atoms with E-state index in [4.69, 9.17) is 9.72 Å². The number of hydrogen-bond acceptors (Lipinski definition) is 3. The normalized spacial score (nSPS) is 14.0. The summed E-state index contributed by atoms with van der Waals surface area (Å²) in [6.07, 6.45) is 7.95. The summed E-state index contributed by atoms with van der Waals surface area (Å²) in [6, 6.07) is 15.1. The number of nitrogens with zero attached hydrogens (tertiary/aromatic N) is 2. The molecule has 0 spiro atoms. The molecule has 3 nitrogen and oxygen atoms in total. The van der Waals surface area contributed by atoms with Gasteiger partial charge < -0.3 is 9.64 Å². The zero-order chi connectivity index (χ0) is 18.6. The average Bonchev–Trinajstić information content (AvgIpc) is 2.73. The van der Waals surface area contributed by atoms with Crippen molar-refractivity contribution >= 4 is 28.9 Å². The maximum atomic E-state index is 5.52. The largest absolute Gasteiger partial charge is 0.496 e. The standard InChI is InChI=1S/C24H28N2O.ClH/c1-18-17-25-20(16-23(18)26-14-4-3-5-15-26)13-12-19-8-6-10-22-21(19)9-7-11-24(22)27-2;/h6-11,16-17H,3-5,12-15H2,1-2H3;1H. The highest BCUT2D eigenvalue weighted by Crippen LogP contribution is 2.29. The zero-order valence-corrected chi connectivity index (χ0v) is 17.6. The molecule has 0 radical (unpaired) electrons. The van der Waals surface area contributed by atoms with Crippen molar-refractivity contribution in [3.63, 3.8) is 0 Å². The minimum absolute atomic E-state index is 0. The molecule has 28 heavy (non-hydrogen) atoms. The van der Waals surface area contributed by atoms with Crippen molar-refractivity contribution < 1.29 is 4.74 Å². The van der Waals surface area contributed by atoms with Gasteiger partial charge in [-0.05, 0) is 67.7 Å². The van der Waals surface area contributed by atoms with Crippen LogP contribution in [-0.4, -0.2) is 25.2 Å². The quantitative estimate of drug-likeness (QED) is 0.549. The first-order chi connectivity index (χ1) is 13.3. The van der Waals surface area contributed by atoms with Crippen LogP contribution >= 0.6 is 12.4 Å². The highest BCUT2D eigenvalue weighted by molar-refractivity contribution is 5.91. The van der Waals surface area contributed by atoms with Gasteiger partial charge in [-0.2, -0.15) is 0 Å². The van der Waals surface area contributed by atoms with Crippen molar-refractivity contribution in [2.45, 2.75) is 39.0 Å². The second kappa shape index (κ2) is 9.29. The van der Waals surface area contributed by atoms with Crippen molar-refractivity contribution in [2.75, 3.05) is 25.1 Å². The fourth-order valence-corrected chi connectivity index (χ4v) is 4.17. The first-order valence-electron chi connectivity index (χ1n) is 10.0. The lowest BCUT2D eigenvalue weighted by Crippen LogP contribution is -2.30. The lowest BCUT2D eigenvalue weighted by Gasteiger charge is -2.30. The Morgan fingerprint density at radius 1 is 0.964 bits per heavy atom. The van der Waals surface area contributed by atoms with E-state index in [0.29, 0.717) is 0 Å². The van der Waals surface area contributed by atoms with Gasteiger partial charge in [0.05, 0.1) is 7.11 Å². The third-order valence-corrected chi connectivity index (χ3v) is 5.67. The number of ether oxygens (including phenoxy) is 1. The number of hydrogen-bond donors (Lipinski definition) is 0. The molecule has 1 aliphatic heterocycles. The van der Waals surface area contributed by atoms with Gasteiger partial charge in [-0.3, -0.25) is 4.98 Å². The van der Waals surface area contributed by atoms with Crippen molar-refractivity contribution in [3.8, 4) is 5.75 Å². The smallest absolute Gasteiger partial charge is 0.126 e. The number of aromatic nitrogens is 1. The molecular weight excluding hydrogens is 368 g/mol. The maximum absolute atomic E-state index is 5.52. The molecule has 0 N–H and O–H groups in total. The Labute approximate surface area is 174 Å². The lowest BCUT2D eigenvalue weighted by molar-refractivity contribution is 0.420. The van der Waals surface area contributed by atoms with Crippen LogP contribution < -0.4 is 9.64 Å². The molecule has 1 aromatic heterocycles. The maximum Gasteiger partial charge on any atom is 0.126 e. The van der Waals surface area contributed by atoms with Crippen molar-refractivity contribution in [1.29, 1.82) is 0 Å². The van der Waals surface area contributed by atoms with Crippen LogP contribution in [0, 0.1) is 6.92 Å². The van der Waals surface area contributed by atoms with E-state index in [-0.39, 0.29) is 12.4 Å². The zero-order valence-electron chi connectivity index (χ0n) is 16.8. The molecule has 0 aliphatic carbocycles. The van der Waals surface area contributed by atoms with Crippen LogP contribution in [0.4, 0.5) is 5.69 Å². The molecule has 2 aromatic carbocycles. The van der Waals surface area contributed by atoms with Gasteiger partial charge in [-0.15, -0.1) is 12.4 Å². The number of pyridine rings is 1. The summed E-state index contributed by atoms with van der Waals surface area (Å²) in [5, 5.41) is 2.46.